The summed E-state index contributed by atoms with van der Waals surface area (Å²) >= 11 is 0. The van der Waals surface area contributed by atoms with Crippen molar-refractivity contribution in [3.63, 3.8) is 0 Å². The Bertz CT molecular complexity index is 2760. The van der Waals surface area contributed by atoms with Gasteiger partial charge in [0, 0.05) is 38.2 Å². The van der Waals surface area contributed by atoms with Crippen molar-refractivity contribution in [2.24, 2.45) is 0 Å². The number of nitrogens with zero attached hydrogens (tertiary/aromatic N) is 1. The van der Waals surface area contributed by atoms with Gasteiger partial charge in [0.2, 0.25) is 0 Å². The Kier molecular flexibility index (Phi) is 5.95. The minimum Gasteiger partial charge on any atom is -0.455 e. The molecule has 0 atom stereocenters. The van der Waals surface area contributed by atoms with Gasteiger partial charge >= 0.3 is 0 Å². The van der Waals surface area contributed by atoms with E-state index in [1.807, 2.05) is 6.07 Å². The molecule has 0 amide bonds. The van der Waals surface area contributed by atoms with Crippen LogP contribution in [0.15, 0.2) is 168 Å². The predicted molar refractivity (Wildman–Crippen MR) is 206 cm³/mol. The molecular weight excluding hydrogens is 595 g/mol. The first-order valence-electron chi connectivity index (χ1n) is 17.0. The van der Waals surface area contributed by atoms with E-state index in [0.29, 0.717) is 0 Å². The average Bonchev–Trinajstić information content (AvgIpc) is 3.64. The van der Waals surface area contributed by atoms with Crippen LogP contribution >= 0.6 is 0 Å². The third-order valence-corrected chi connectivity index (χ3v) is 10.6. The third-order valence-electron chi connectivity index (χ3n) is 10.6. The van der Waals surface area contributed by atoms with Crippen LogP contribution in [0.4, 0.5) is 17.1 Å². The molecule has 0 N–H and O–H groups in total. The van der Waals surface area contributed by atoms with Crippen molar-refractivity contribution in [2.45, 2.75) is 19.3 Å². The second-order valence-corrected chi connectivity index (χ2v) is 13.7. The quantitative estimate of drug-likeness (QED) is 0.193. The van der Waals surface area contributed by atoms with Crippen LogP contribution in [-0.4, -0.2) is 0 Å². The molecule has 9 aromatic rings. The summed E-state index contributed by atoms with van der Waals surface area (Å²) in [5.41, 5.74) is 12.8. The molecule has 0 radical (unpaired) electrons. The highest BCUT2D eigenvalue weighted by Crippen LogP contribution is 2.55. The van der Waals surface area contributed by atoms with E-state index >= 15 is 0 Å². The van der Waals surface area contributed by atoms with Crippen LogP contribution in [-0.2, 0) is 5.41 Å². The van der Waals surface area contributed by atoms with E-state index in [4.69, 9.17) is 4.42 Å². The Morgan fingerprint density at radius 2 is 1.12 bits per heavy atom. The van der Waals surface area contributed by atoms with E-state index < -0.39 is 0 Å². The highest BCUT2D eigenvalue weighted by molar-refractivity contribution is 6.20. The van der Waals surface area contributed by atoms with Crippen LogP contribution in [0.25, 0.3) is 65.7 Å². The fraction of sp³-hybridized carbons (Fsp3) is 0.0638. The standard InChI is InChI=1S/C47H33NO/c1-47(2)40-24-9-7-22-38(40)45-41(47)25-13-26-42(45)48(32-17-11-16-31(28-32)34-23-12-15-30-14-3-4-18-33(30)34)43-29-39-36-20-8-10-27-44(36)49-46(39)37-21-6-5-19-35(37)43/h3-29H,1-2H3. The molecule has 1 aliphatic rings. The number of hydrogen-bond acceptors (Lipinski definition) is 2. The van der Waals surface area contributed by atoms with Gasteiger partial charge in [0.05, 0.1) is 11.4 Å². The van der Waals surface area contributed by atoms with Gasteiger partial charge < -0.3 is 9.32 Å². The lowest BCUT2D eigenvalue weighted by Crippen LogP contribution is -2.16. The first-order valence-corrected chi connectivity index (χ1v) is 17.0. The average molecular weight is 628 g/mol. The second kappa shape index (κ2) is 10.4. The summed E-state index contributed by atoms with van der Waals surface area (Å²) in [6, 6.07) is 59.5. The molecule has 2 heteroatoms. The highest BCUT2D eigenvalue weighted by Gasteiger charge is 2.38. The smallest absolute Gasteiger partial charge is 0.143 e. The summed E-state index contributed by atoms with van der Waals surface area (Å²) < 4.78 is 6.56. The molecule has 1 aliphatic carbocycles. The minimum absolute atomic E-state index is 0.120. The van der Waals surface area contributed by atoms with E-state index in [1.54, 1.807) is 0 Å². The number of benzene rings is 8. The largest absolute Gasteiger partial charge is 0.455 e. The van der Waals surface area contributed by atoms with E-state index in [1.165, 1.54) is 49.8 Å². The molecule has 1 aromatic heterocycles. The van der Waals surface area contributed by atoms with Crippen molar-refractivity contribution in [1.82, 2.24) is 0 Å². The van der Waals surface area contributed by atoms with Gasteiger partial charge in [0.25, 0.3) is 0 Å². The van der Waals surface area contributed by atoms with E-state index in [9.17, 15) is 0 Å². The second-order valence-electron chi connectivity index (χ2n) is 13.7. The van der Waals surface area contributed by atoms with Crippen molar-refractivity contribution >= 4 is 60.5 Å². The summed E-state index contributed by atoms with van der Waals surface area (Å²) in [5.74, 6) is 0. The van der Waals surface area contributed by atoms with Crippen LogP contribution < -0.4 is 4.90 Å². The molecule has 0 fully saturated rings. The summed E-state index contributed by atoms with van der Waals surface area (Å²) in [6.45, 7) is 4.71. The zero-order valence-corrected chi connectivity index (χ0v) is 27.4. The molecule has 0 saturated carbocycles. The topological polar surface area (TPSA) is 16.4 Å². The lowest BCUT2D eigenvalue weighted by Gasteiger charge is -2.30. The number of fused-ring (bicyclic) bond motifs is 9. The van der Waals surface area contributed by atoms with E-state index in [0.717, 1.165) is 44.1 Å². The fourth-order valence-electron chi connectivity index (χ4n) is 8.33. The van der Waals surface area contributed by atoms with Gasteiger partial charge in [-0.25, -0.2) is 0 Å². The van der Waals surface area contributed by atoms with Gasteiger partial charge in [0.1, 0.15) is 11.2 Å². The van der Waals surface area contributed by atoms with E-state index in [-0.39, 0.29) is 5.41 Å². The number of para-hydroxylation sites is 1. The maximum absolute atomic E-state index is 6.56. The maximum atomic E-state index is 6.56. The molecule has 0 aliphatic heterocycles. The van der Waals surface area contributed by atoms with Crippen LogP contribution in [0.2, 0.25) is 0 Å². The van der Waals surface area contributed by atoms with Crippen molar-refractivity contribution in [2.75, 3.05) is 4.90 Å². The predicted octanol–water partition coefficient (Wildman–Crippen LogP) is 13.3. The van der Waals surface area contributed by atoms with Gasteiger partial charge in [-0.3, -0.25) is 0 Å². The Labute approximate surface area is 285 Å². The Morgan fingerprint density at radius 1 is 0.469 bits per heavy atom. The van der Waals surface area contributed by atoms with Gasteiger partial charge in [-0.15, -0.1) is 0 Å². The zero-order chi connectivity index (χ0) is 32.7. The lowest BCUT2D eigenvalue weighted by atomic mass is 9.82. The molecular formula is C47H33NO. The van der Waals surface area contributed by atoms with Crippen LogP contribution in [0.1, 0.15) is 25.0 Å². The van der Waals surface area contributed by atoms with Gasteiger partial charge in [-0.2, -0.15) is 0 Å². The van der Waals surface area contributed by atoms with Crippen molar-refractivity contribution in [3.8, 4) is 22.3 Å². The summed E-state index contributed by atoms with van der Waals surface area (Å²) in [5, 5.41) is 6.99. The number of anilines is 3. The molecule has 10 rings (SSSR count). The molecule has 232 valence electrons. The molecule has 0 unspecified atom stereocenters. The Hall–Kier alpha value is -6.12. The summed E-state index contributed by atoms with van der Waals surface area (Å²) in [4.78, 5) is 2.50. The van der Waals surface area contributed by atoms with Crippen LogP contribution in [0.3, 0.4) is 0 Å². The molecule has 0 saturated heterocycles. The van der Waals surface area contributed by atoms with Gasteiger partial charge in [0.15, 0.2) is 0 Å². The highest BCUT2D eigenvalue weighted by atomic mass is 16.3. The normalized spacial score (nSPS) is 13.3. The first kappa shape index (κ1) is 27.9. The van der Waals surface area contributed by atoms with Crippen LogP contribution in [0, 0.1) is 0 Å². The summed E-state index contributed by atoms with van der Waals surface area (Å²) in [6.07, 6.45) is 0. The molecule has 0 bridgehead atoms. The van der Waals surface area contributed by atoms with E-state index in [2.05, 4.69) is 176 Å². The van der Waals surface area contributed by atoms with Crippen LogP contribution in [0.5, 0.6) is 0 Å². The molecule has 1 heterocycles. The number of rotatable bonds is 4. The van der Waals surface area contributed by atoms with Crippen molar-refractivity contribution in [1.29, 1.82) is 0 Å². The Balaban J connectivity index is 1.32. The SMILES string of the molecule is CC1(C)c2ccccc2-c2c(N(c3cccc(-c4cccc5ccccc45)c3)c3cc4c5ccccc5oc4c4ccccc34)cccc21. The van der Waals surface area contributed by atoms with Gasteiger partial charge in [-0.1, -0.05) is 147 Å². The minimum atomic E-state index is -0.120. The molecule has 0 spiro atoms. The monoisotopic (exact) mass is 627 g/mol. The van der Waals surface area contributed by atoms with Crippen molar-refractivity contribution < 1.29 is 4.42 Å². The lowest BCUT2D eigenvalue weighted by molar-refractivity contribution is 0.660. The molecule has 49 heavy (non-hydrogen) atoms. The first-order chi connectivity index (χ1) is 24.1. The maximum Gasteiger partial charge on any atom is 0.143 e. The summed E-state index contributed by atoms with van der Waals surface area (Å²) in [7, 11) is 0. The Morgan fingerprint density at radius 3 is 2.02 bits per heavy atom. The number of furan rings is 1. The third kappa shape index (κ3) is 4.07. The number of hydrogen-bond donors (Lipinski definition) is 0. The molecule has 8 aromatic carbocycles. The molecule has 2 nitrogen and oxygen atoms in total. The zero-order valence-electron chi connectivity index (χ0n) is 27.4. The fourth-order valence-corrected chi connectivity index (χ4v) is 8.33. The van der Waals surface area contributed by atoms with Gasteiger partial charge in [-0.05, 0) is 68.9 Å². The van der Waals surface area contributed by atoms with Crippen molar-refractivity contribution in [3.05, 3.63) is 175 Å².